The lowest BCUT2D eigenvalue weighted by Crippen LogP contribution is -2.12. The third-order valence-electron chi connectivity index (χ3n) is 9.57. The molecule has 0 aromatic heterocycles. The van der Waals surface area contributed by atoms with Crippen molar-refractivity contribution in [2.24, 2.45) is 0 Å². The first-order valence-electron chi connectivity index (χ1n) is 21.1. The average molecular weight is 673 g/mol. The van der Waals surface area contributed by atoms with Gasteiger partial charge in [-0.05, 0) is 18.6 Å². The maximum atomic E-state index is 11.8. The Balaban J connectivity index is 0.000000970. The number of hydrogen-bond acceptors (Lipinski definition) is 3. The van der Waals surface area contributed by atoms with Gasteiger partial charge >= 0.3 is 11.9 Å². The van der Waals surface area contributed by atoms with Gasteiger partial charge in [0.2, 0.25) is 0 Å². The van der Waals surface area contributed by atoms with Crippen molar-refractivity contribution in [2.75, 3.05) is 6.61 Å². The van der Waals surface area contributed by atoms with Crippen molar-refractivity contribution in [3.63, 3.8) is 0 Å². The number of carbonyl (C=O) groups is 2. The van der Waals surface area contributed by atoms with Crippen molar-refractivity contribution in [3.05, 3.63) is 35.4 Å². The van der Waals surface area contributed by atoms with Gasteiger partial charge in [-0.25, -0.2) is 9.59 Å². The van der Waals surface area contributed by atoms with Gasteiger partial charge in [-0.2, -0.15) is 0 Å². The highest BCUT2D eigenvalue weighted by atomic mass is 16.5. The average Bonchev–Trinajstić information content (AvgIpc) is 3.10. The van der Waals surface area contributed by atoms with Crippen molar-refractivity contribution in [3.8, 4) is 0 Å². The van der Waals surface area contributed by atoms with Crippen LogP contribution in [0.1, 0.15) is 247 Å². The number of ether oxygens (including phenoxy) is 1. The second-order valence-electron chi connectivity index (χ2n) is 14.2. The first-order chi connectivity index (χ1) is 23.6. The van der Waals surface area contributed by atoms with Crippen molar-refractivity contribution >= 4 is 11.9 Å². The second-order valence-corrected chi connectivity index (χ2v) is 14.2. The SMILES string of the molecule is CCCCCCCCCCCCCCCCCCCCCCCCCCCC.CCCCCCCCOC(=O)c1ccccc1C(=O)O. The van der Waals surface area contributed by atoms with Crippen LogP contribution in [0.4, 0.5) is 0 Å². The molecule has 0 amide bonds. The summed E-state index contributed by atoms with van der Waals surface area (Å²) in [6.45, 7) is 7.12. The number of carboxylic acid groups (broad SMARTS) is 1. The molecule has 1 N–H and O–H groups in total. The van der Waals surface area contributed by atoms with Crippen LogP contribution >= 0.6 is 0 Å². The van der Waals surface area contributed by atoms with Gasteiger partial charge < -0.3 is 9.84 Å². The molecule has 0 unspecified atom stereocenters. The molecule has 0 saturated heterocycles. The molecule has 0 atom stereocenters. The maximum absolute atomic E-state index is 11.8. The van der Waals surface area contributed by atoms with E-state index in [4.69, 9.17) is 9.84 Å². The minimum atomic E-state index is -1.11. The summed E-state index contributed by atoms with van der Waals surface area (Å²) in [5, 5.41) is 9.00. The lowest BCUT2D eigenvalue weighted by Gasteiger charge is -2.07. The van der Waals surface area contributed by atoms with E-state index in [0.29, 0.717) is 6.61 Å². The quantitative estimate of drug-likeness (QED) is 0.0584. The molecule has 4 heteroatoms. The first kappa shape index (κ1) is 46.2. The Labute approximate surface area is 299 Å². The molecule has 0 saturated carbocycles. The van der Waals surface area contributed by atoms with Gasteiger partial charge in [-0.1, -0.05) is 232 Å². The molecule has 0 bridgehead atoms. The molecule has 0 spiro atoms. The summed E-state index contributed by atoms with van der Waals surface area (Å²) in [5.74, 6) is -1.67. The third-order valence-corrected chi connectivity index (χ3v) is 9.57. The van der Waals surface area contributed by atoms with Crippen LogP contribution in [0.25, 0.3) is 0 Å². The summed E-state index contributed by atoms with van der Waals surface area (Å²) in [6.07, 6.45) is 45.1. The highest BCUT2D eigenvalue weighted by molar-refractivity contribution is 6.02. The minimum Gasteiger partial charge on any atom is -0.478 e. The summed E-state index contributed by atoms with van der Waals surface area (Å²) in [5.41, 5.74) is 0.103. The Morgan fingerprint density at radius 1 is 0.417 bits per heavy atom. The smallest absolute Gasteiger partial charge is 0.339 e. The molecule has 0 fully saturated rings. The topological polar surface area (TPSA) is 63.6 Å². The zero-order chi connectivity index (χ0) is 35.2. The van der Waals surface area contributed by atoms with Gasteiger partial charge in [0.15, 0.2) is 0 Å². The van der Waals surface area contributed by atoms with E-state index in [1.807, 2.05) is 0 Å². The molecule has 0 aliphatic carbocycles. The monoisotopic (exact) mass is 673 g/mol. The lowest BCUT2D eigenvalue weighted by atomic mass is 10.0. The predicted octanol–water partition coefficient (Wildman–Crippen LogP) is 15.1. The van der Waals surface area contributed by atoms with Crippen LogP contribution in [0.2, 0.25) is 0 Å². The van der Waals surface area contributed by atoms with Gasteiger partial charge in [0.25, 0.3) is 0 Å². The van der Waals surface area contributed by atoms with Crippen LogP contribution in [0.5, 0.6) is 0 Å². The van der Waals surface area contributed by atoms with E-state index < -0.39 is 11.9 Å². The van der Waals surface area contributed by atoms with Crippen molar-refractivity contribution in [1.29, 1.82) is 0 Å². The van der Waals surface area contributed by atoms with Crippen LogP contribution in [0.3, 0.4) is 0 Å². The summed E-state index contributed by atoms with van der Waals surface area (Å²) >= 11 is 0. The summed E-state index contributed by atoms with van der Waals surface area (Å²) < 4.78 is 5.12. The van der Waals surface area contributed by atoms with E-state index >= 15 is 0 Å². The van der Waals surface area contributed by atoms with Gasteiger partial charge in [0.05, 0.1) is 17.7 Å². The van der Waals surface area contributed by atoms with Crippen LogP contribution < -0.4 is 0 Å². The zero-order valence-corrected chi connectivity index (χ0v) is 32.3. The first-order valence-corrected chi connectivity index (χ1v) is 21.1. The molecule has 48 heavy (non-hydrogen) atoms. The van der Waals surface area contributed by atoms with E-state index in [0.717, 1.165) is 19.3 Å². The summed E-state index contributed by atoms with van der Waals surface area (Å²) in [4.78, 5) is 22.8. The largest absolute Gasteiger partial charge is 0.478 e. The number of hydrogen-bond donors (Lipinski definition) is 1. The minimum absolute atomic E-state index is 0.0135. The Bertz CT molecular complexity index is 794. The Morgan fingerprint density at radius 3 is 0.938 bits per heavy atom. The van der Waals surface area contributed by atoms with Crippen molar-refractivity contribution < 1.29 is 19.4 Å². The molecule has 0 heterocycles. The number of unbranched alkanes of at least 4 members (excludes halogenated alkanes) is 30. The van der Waals surface area contributed by atoms with Crippen LogP contribution in [-0.4, -0.2) is 23.7 Å². The molecule has 1 rings (SSSR count). The molecule has 280 valence electrons. The zero-order valence-electron chi connectivity index (χ0n) is 32.3. The molecule has 0 aliphatic heterocycles. The fourth-order valence-corrected chi connectivity index (χ4v) is 6.36. The van der Waals surface area contributed by atoms with Gasteiger partial charge in [-0.3, -0.25) is 0 Å². The van der Waals surface area contributed by atoms with Crippen LogP contribution in [0, 0.1) is 0 Å². The predicted molar refractivity (Wildman–Crippen MR) is 208 cm³/mol. The summed E-state index contributed by atoms with van der Waals surface area (Å²) in [7, 11) is 0. The number of aromatic carboxylic acids is 1. The Kier molecular flexibility index (Phi) is 36.5. The molecule has 1 aromatic rings. The van der Waals surface area contributed by atoms with Gasteiger partial charge in [0, 0.05) is 0 Å². The molecule has 0 aliphatic rings. The van der Waals surface area contributed by atoms with Crippen molar-refractivity contribution in [2.45, 2.75) is 226 Å². The second kappa shape index (κ2) is 38.0. The standard InChI is InChI=1S/C28H58.C16H22O4/c1-3-5-7-9-11-13-15-17-19-21-23-25-27-28-26-24-22-20-18-16-14-12-10-8-6-4-2;1-2-3-4-5-6-9-12-20-16(19)14-11-8-7-10-13(14)15(17)18/h3-28H2,1-2H3;7-8,10-11H,2-6,9,12H2,1H3,(H,17,18). The Morgan fingerprint density at radius 2 is 0.667 bits per heavy atom. The molecule has 0 radical (unpaired) electrons. The number of rotatable bonds is 34. The van der Waals surface area contributed by atoms with Gasteiger partial charge in [0.1, 0.15) is 0 Å². The molecular weight excluding hydrogens is 592 g/mol. The highest BCUT2D eigenvalue weighted by Crippen LogP contribution is 2.16. The fourth-order valence-electron chi connectivity index (χ4n) is 6.36. The molecule has 4 nitrogen and oxygen atoms in total. The molecule has 1 aromatic carbocycles. The highest BCUT2D eigenvalue weighted by Gasteiger charge is 2.16. The maximum Gasteiger partial charge on any atom is 0.339 e. The van der Waals surface area contributed by atoms with Gasteiger partial charge in [-0.15, -0.1) is 0 Å². The fraction of sp³-hybridized carbons (Fsp3) is 0.818. The third kappa shape index (κ3) is 31.4. The normalized spacial score (nSPS) is 10.9. The lowest BCUT2D eigenvalue weighted by molar-refractivity contribution is 0.0487. The van der Waals surface area contributed by atoms with Crippen molar-refractivity contribution in [1.82, 2.24) is 0 Å². The van der Waals surface area contributed by atoms with E-state index in [-0.39, 0.29) is 11.1 Å². The number of esters is 1. The van der Waals surface area contributed by atoms with E-state index in [9.17, 15) is 9.59 Å². The summed E-state index contributed by atoms with van der Waals surface area (Å²) in [6, 6.07) is 6.11. The Hall–Kier alpha value is -1.84. The molecular formula is C44H80O4. The van der Waals surface area contributed by atoms with Crippen LogP contribution in [0.15, 0.2) is 24.3 Å². The number of benzene rings is 1. The van der Waals surface area contributed by atoms with E-state index in [2.05, 4.69) is 20.8 Å². The van der Waals surface area contributed by atoms with Crippen LogP contribution in [-0.2, 0) is 4.74 Å². The van der Waals surface area contributed by atoms with E-state index in [1.54, 1.807) is 12.1 Å². The number of carbonyl (C=O) groups excluding carboxylic acids is 1. The van der Waals surface area contributed by atoms with E-state index in [1.165, 1.54) is 198 Å². The number of carboxylic acids is 1.